The molecule has 0 amide bonds. The number of aliphatic hydroxyl groups is 1. The minimum absolute atomic E-state index is 0.00822. The lowest BCUT2D eigenvalue weighted by Crippen LogP contribution is -2.21. The van der Waals surface area contributed by atoms with E-state index in [0.717, 1.165) is 0 Å². The standard InChI is InChI=1S/C8H4F7NO2/c9-5-1-4(18-8(13,14)15)3(2-17)6(16-5)7(10,11)12/h1,17H,2H2. The highest BCUT2D eigenvalue weighted by atomic mass is 19.4. The number of hydrogen-bond donors (Lipinski definition) is 1. The predicted octanol–water partition coefficient (Wildman–Crippen LogP) is 2.63. The smallest absolute Gasteiger partial charge is 0.405 e. The fraction of sp³-hybridized carbons (Fsp3) is 0.375. The van der Waals surface area contributed by atoms with E-state index in [1.54, 1.807) is 0 Å². The highest BCUT2D eigenvalue weighted by molar-refractivity contribution is 5.37. The van der Waals surface area contributed by atoms with Crippen molar-refractivity contribution in [3.05, 3.63) is 23.3 Å². The number of nitrogens with zero attached hydrogens (tertiary/aromatic N) is 1. The molecule has 0 aliphatic rings. The van der Waals surface area contributed by atoms with Gasteiger partial charge in [-0.25, -0.2) is 4.98 Å². The zero-order valence-electron chi connectivity index (χ0n) is 8.23. The molecular weight excluding hydrogens is 275 g/mol. The maximum atomic E-state index is 12.7. The van der Waals surface area contributed by atoms with E-state index in [-0.39, 0.29) is 6.07 Å². The third-order valence-corrected chi connectivity index (χ3v) is 1.70. The first kappa shape index (κ1) is 14.5. The first-order chi connectivity index (χ1) is 8.04. The van der Waals surface area contributed by atoms with Crippen molar-refractivity contribution in [2.75, 3.05) is 0 Å². The minimum Gasteiger partial charge on any atom is -0.405 e. The largest absolute Gasteiger partial charge is 0.573 e. The van der Waals surface area contributed by atoms with Gasteiger partial charge in [-0.3, -0.25) is 0 Å². The molecular formula is C8H4F7NO2. The Hall–Kier alpha value is -1.58. The minimum atomic E-state index is -5.32. The molecule has 0 fully saturated rings. The van der Waals surface area contributed by atoms with Crippen molar-refractivity contribution < 1.29 is 40.6 Å². The van der Waals surface area contributed by atoms with E-state index in [2.05, 4.69) is 9.72 Å². The summed E-state index contributed by atoms with van der Waals surface area (Å²) in [5.74, 6) is -3.29. The van der Waals surface area contributed by atoms with Gasteiger partial charge in [0.1, 0.15) is 5.75 Å². The van der Waals surface area contributed by atoms with Crippen molar-refractivity contribution in [1.82, 2.24) is 4.98 Å². The summed E-state index contributed by atoms with van der Waals surface area (Å²) >= 11 is 0. The monoisotopic (exact) mass is 279 g/mol. The SMILES string of the molecule is OCc1c(OC(F)(F)F)cc(F)nc1C(F)(F)F. The quantitative estimate of drug-likeness (QED) is 0.668. The molecule has 0 unspecified atom stereocenters. The zero-order valence-corrected chi connectivity index (χ0v) is 8.23. The van der Waals surface area contributed by atoms with Crippen molar-refractivity contribution >= 4 is 0 Å². The van der Waals surface area contributed by atoms with E-state index < -0.39 is 42.1 Å². The average molecular weight is 279 g/mol. The summed E-state index contributed by atoms with van der Waals surface area (Å²) in [4.78, 5) is 2.41. The Labute approximate surface area is 94.8 Å². The fourth-order valence-corrected chi connectivity index (χ4v) is 1.12. The first-order valence-electron chi connectivity index (χ1n) is 4.18. The van der Waals surface area contributed by atoms with Crippen LogP contribution in [0.2, 0.25) is 0 Å². The van der Waals surface area contributed by atoms with E-state index >= 15 is 0 Å². The molecule has 18 heavy (non-hydrogen) atoms. The van der Waals surface area contributed by atoms with E-state index in [1.165, 1.54) is 0 Å². The van der Waals surface area contributed by atoms with Gasteiger partial charge in [0.15, 0.2) is 5.69 Å². The summed E-state index contributed by atoms with van der Waals surface area (Å²) in [5, 5.41) is 8.64. The lowest BCUT2D eigenvalue weighted by molar-refractivity contribution is -0.275. The molecule has 0 radical (unpaired) electrons. The molecule has 1 aromatic heterocycles. The Kier molecular flexibility index (Phi) is 3.70. The molecule has 3 nitrogen and oxygen atoms in total. The Morgan fingerprint density at radius 1 is 1.17 bits per heavy atom. The molecule has 0 saturated heterocycles. The molecule has 0 bridgehead atoms. The number of aromatic nitrogens is 1. The second kappa shape index (κ2) is 4.59. The molecule has 0 aliphatic heterocycles. The molecule has 0 spiro atoms. The van der Waals surface area contributed by atoms with E-state index in [9.17, 15) is 30.7 Å². The summed E-state index contributed by atoms with van der Waals surface area (Å²) < 4.78 is 88.6. The maximum Gasteiger partial charge on any atom is 0.573 e. The number of ether oxygens (including phenoxy) is 1. The number of halogens is 7. The van der Waals surface area contributed by atoms with Crippen molar-refractivity contribution in [2.24, 2.45) is 0 Å². The van der Waals surface area contributed by atoms with Crippen LogP contribution in [0, 0.1) is 5.95 Å². The number of rotatable bonds is 2. The van der Waals surface area contributed by atoms with Crippen molar-refractivity contribution in [3.8, 4) is 5.75 Å². The lowest BCUT2D eigenvalue weighted by atomic mass is 10.1. The van der Waals surface area contributed by atoms with Gasteiger partial charge in [-0.2, -0.15) is 17.6 Å². The van der Waals surface area contributed by atoms with Crippen LogP contribution < -0.4 is 4.74 Å². The average Bonchev–Trinajstić information content (AvgIpc) is 2.12. The summed E-state index contributed by atoms with van der Waals surface area (Å²) in [6, 6.07) is 0.00822. The maximum absolute atomic E-state index is 12.7. The highest BCUT2D eigenvalue weighted by Gasteiger charge is 2.40. The molecule has 1 N–H and O–H groups in total. The molecule has 0 aromatic carbocycles. The predicted molar refractivity (Wildman–Crippen MR) is 41.8 cm³/mol. The van der Waals surface area contributed by atoms with Gasteiger partial charge in [-0.1, -0.05) is 0 Å². The second-order valence-corrected chi connectivity index (χ2v) is 2.97. The number of pyridine rings is 1. The summed E-state index contributed by atoms with van der Waals surface area (Å²) in [6.45, 7) is -1.44. The van der Waals surface area contributed by atoms with Gasteiger partial charge in [0.25, 0.3) is 0 Å². The second-order valence-electron chi connectivity index (χ2n) is 2.97. The Bertz CT molecular complexity index is 440. The van der Waals surface area contributed by atoms with Crippen LogP contribution in [0.5, 0.6) is 5.75 Å². The van der Waals surface area contributed by atoms with E-state index in [4.69, 9.17) is 5.11 Å². The normalized spacial score (nSPS) is 12.7. The molecule has 1 aromatic rings. The van der Waals surface area contributed by atoms with Crippen molar-refractivity contribution in [3.63, 3.8) is 0 Å². The molecule has 10 heteroatoms. The summed E-state index contributed by atoms with van der Waals surface area (Å²) in [7, 11) is 0. The molecule has 0 atom stereocenters. The lowest BCUT2D eigenvalue weighted by Gasteiger charge is -2.16. The third kappa shape index (κ3) is 3.45. The van der Waals surface area contributed by atoms with Crippen LogP contribution in [0.4, 0.5) is 30.7 Å². The Morgan fingerprint density at radius 3 is 2.11 bits per heavy atom. The Balaban J connectivity index is 3.39. The van der Waals surface area contributed by atoms with Gasteiger partial charge in [0.2, 0.25) is 5.95 Å². The number of alkyl halides is 6. The number of hydrogen-bond acceptors (Lipinski definition) is 3. The first-order valence-corrected chi connectivity index (χ1v) is 4.18. The van der Waals surface area contributed by atoms with Gasteiger partial charge >= 0.3 is 12.5 Å². The van der Waals surface area contributed by atoms with E-state index in [1.807, 2.05) is 0 Å². The number of aliphatic hydroxyl groups excluding tert-OH is 1. The molecule has 102 valence electrons. The van der Waals surface area contributed by atoms with Gasteiger partial charge in [0.05, 0.1) is 12.2 Å². The fourth-order valence-electron chi connectivity index (χ4n) is 1.12. The van der Waals surface area contributed by atoms with Crippen LogP contribution in [-0.4, -0.2) is 16.5 Å². The highest BCUT2D eigenvalue weighted by Crippen LogP contribution is 2.36. The molecule has 0 aliphatic carbocycles. The third-order valence-electron chi connectivity index (χ3n) is 1.70. The van der Waals surface area contributed by atoms with Crippen LogP contribution in [0.3, 0.4) is 0 Å². The topological polar surface area (TPSA) is 42.4 Å². The van der Waals surface area contributed by atoms with E-state index in [0.29, 0.717) is 0 Å². The molecule has 0 saturated carbocycles. The van der Waals surface area contributed by atoms with Crippen molar-refractivity contribution in [2.45, 2.75) is 19.1 Å². The zero-order chi connectivity index (χ0) is 14.1. The van der Waals surface area contributed by atoms with Crippen LogP contribution in [-0.2, 0) is 12.8 Å². The summed E-state index contributed by atoms with van der Waals surface area (Å²) in [5.41, 5.74) is -3.26. The van der Waals surface area contributed by atoms with Crippen LogP contribution in [0.15, 0.2) is 6.07 Å². The van der Waals surface area contributed by atoms with Crippen LogP contribution in [0.1, 0.15) is 11.3 Å². The van der Waals surface area contributed by atoms with Gasteiger partial charge in [-0.05, 0) is 0 Å². The molecule has 1 heterocycles. The van der Waals surface area contributed by atoms with Gasteiger partial charge < -0.3 is 9.84 Å². The summed E-state index contributed by atoms with van der Waals surface area (Å²) in [6.07, 6.45) is -10.5. The Morgan fingerprint density at radius 2 is 1.72 bits per heavy atom. The van der Waals surface area contributed by atoms with Crippen LogP contribution >= 0.6 is 0 Å². The van der Waals surface area contributed by atoms with Crippen LogP contribution in [0.25, 0.3) is 0 Å². The van der Waals surface area contributed by atoms with Gasteiger partial charge in [-0.15, -0.1) is 13.2 Å². The van der Waals surface area contributed by atoms with Gasteiger partial charge in [0, 0.05) is 6.07 Å². The molecule has 1 rings (SSSR count). The van der Waals surface area contributed by atoms with Crippen molar-refractivity contribution in [1.29, 1.82) is 0 Å².